The quantitative estimate of drug-likeness (QED) is 0.572. The maximum Gasteiger partial charge on any atom is 0.408 e. The van der Waals surface area contributed by atoms with Crippen LogP contribution < -0.4 is 10.6 Å². The molecule has 3 N–H and O–H groups in total. The molecule has 1 aromatic carbocycles. The second kappa shape index (κ2) is 8.81. The minimum absolute atomic E-state index is 0.325. The van der Waals surface area contributed by atoms with Crippen LogP contribution in [0.15, 0.2) is 36.5 Å². The van der Waals surface area contributed by atoms with E-state index in [0.29, 0.717) is 24.5 Å². The Labute approximate surface area is 177 Å². The van der Waals surface area contributed by atoms with Crippen LogP contribution in [0.4, 0.5) is 10.5 Å². The fourth-order valence-corrected chi connectivity index (χ4v) is 3.58. The summed E-state index contributed by atoms with van der Waals surface area (Å²) < 4.78 is 10.5. The molecule has 1 fully saturated rings. The van der Waals surface area contributed by atoms with E-state index in [4.69, 9.17) is 9.47 Å². The van der Waals surface area contributed by atoms with Crippen LogP contribution in [0, 0.1) is 0 Å². The molecule has 0 radical (unpaired) electrons. The summed E-state index contributed by atoms with van der Waals surface area (Å²) in [4.78, 5) is 27.3. The molecule has 1 aromatic heterocycles. The van der Waals surface area contributed by atoms with Crippen molar-refractivity contribution in [3.63, 3.8) is 0 Å². The summed E-state index contributed by atoms with van der Waals surface area (Å²) in [6, 6.07) is 9.97. The third kappa shape index (κ3) is 5.14. The summed E-state index contributed by atoms with van der Waals surface area (Å²) in [5.74, 6) is -0.381. The second-order valence-corrected chi connectivity index (χ2v) is 8.60. The van der Waals surface area contributed by atoms with Crippen molar-refractivity contribution in [1.29, 1.82) is 0 Å². The molecule has 30 heavy (non-hydrogen) atoms. The van der Waals surface area contributed by atoms with Crippen molar-refractivity contribution in [2.75, 3.05) is 11.9 Å². The van der Waals surface area contributed by atoms with Crippen LogP contribution in [0.3, 0.4) is 0 Å². The minimum Gasteiger partial charge on any atom is -0.461 e. The van der Waals surface area contributed by atoms with Crippen LogP contribution in [0.5, 0.6) is 0 Å². The van der Waals surface area contributed by atoms with Gasteiger partial charge in [-0.05, 0) is 64.2 Å². The number of amides is 1. The number of ether oxygens (including phenoxy) is 2. The Hall–Kier alpha value is -2.96. The lowest BCUT2D eigenvalue weighted by atomic mass is 9.71. The fourth-order valence-electron chi connectivity index (χ4n) is 3.58. The molecule has 0 aliphatic heterocycles. The zero-order valence-electron chi connectivity index (χ0n) is 18.1. The summed E-state index contributed by atoms with van der Waals surface area (Å²) in [5.41, 5.74) is 2.31. The predicted octanol–water partition coefficient (Wildman–Crippen LogP) is 4.71. The SMILES string of the molecule is CCOC(=O)c1[nH]ccc1NCc1cccc(C2(NC(=O)OC(C)(C)C)CCC2)c1. The van der Waals surface area contributed by atoms with Crippen molar-refractivity contribution in [1.82, 2.24) is 10.3 Å². The number of aromatic amines is 1. The molecule has 1 heterocycles. The summed E-state index contributed by atoms with van der Waals surface area (Å²) in [6.45, 7) is 8.22. The number of carbonyl (C=O) groups is 2. The Morgan fingerprint density at radius 1 is 1.20 bits per heavy atom. The minimum atomic E-state index is -0.534. The van der Waals surface area contributed by atoms with E-state index in [-0.39, 0.29) is 11.5 Å². The molecular weight excluding hydrogens is 382 g/mol. The Morgan fingerprint density at radius 3 is 2.60 bits per heavy atom. The molecule has 7 nitrogen and oxygen atoms in total. The van der Waals surface area contributed by atoms with Gasteiger partial charge in [0.05, 0.1) is 17.8 Å². The molecule has 3 rings (SSSR count). The van der Waals surface area contributed by atoms with Gasteiger partial charge in [0.15, 0.2) is 0 Å². The van der Waals surface area contributed by atoms with Crippen LogP contribution in [-0.2, 0) is 21.6 Å². The van der Waals surface area contributed by atoms with E-state index in [9.17, 15) is 9.59 Å². The van der Waals surface area contributed by atoms with Gasteiger partial charge in [-0.3, -0.25) is 0 Å². The van der Waals surface area contributed by atoms with Gasteiger partial charge in [0.1, 0.15) is 11.3 Å². The number of benzene rings is 1. The molecule has 0 atom stereocenters. The molecule has 7 heteroatoms. The first-order valence-corrected chi connectivity index (χ1v) is 10.4. The lowest BCUT2D eigenvalue weighted by Crippen LogP contribution is -2.52. The highest BCUT2D eigenvalue weighted by molar-refractivity contribution is 5.93. The third-order valence-electron chi connectivity index (χ3n) is 5.14. The largest absolute Gasteiger partial charge is 0.461 e. The number of hydrogen-bond acceptors (Lipinski definition) is 5. The van der Waals surface area contributed by atoms with Gasteiger partial charge in [-0.1, -0.05) is 24.3 Å². The van der Waals surface area contributed by atoms with Crippen molar-refractivity contribution in [2.45, 2.75) is 64.6 Å². The van der Waals surface area contributed by atoms with Gasteiger partial charge in [0.2, 0.25) is 0 Å². The van der Waals surface area contributed by atoms with E-state index in [0.717, 1.165) is 30.4 Å². The third-order valence-corrected chi connectivity index (χ3v) is 5.14. The van der Waals surface area contributed by atoms with Gasteiger partial charge >= 0.3 is 12.1 Å². The van der Waals surface area contributed by atoms with E-state index < -0.39 is 11.7 Å². The topological polar surface area (TPSA) is 92.5 Å². The van der Waals surface area contributed by atoms with Gasteiger partial charge in [-0.25, -0.2) is 9.59 Å². The maximum absolute atomic E-state index is 12.4. The van der Waals surface area contributed by atoms with Crippen molar-refractivity contribution < 1.29 is 19.1 Å². The summed E-state index contributed by atoms with van der Waals surface area (Å²) in [6.07, 6.45) is 4.14. The number of rotatable bonds is 7. The van der Waals surface area contributed by atoms with Gasteiger partial charge in [0, 0.05) is 12.7 Å². The van der Waals surface area contributed by atoms with E-state index >= 15 is 0 Å². The Balaban J connectivity index is 1.69. The first kappa shape index (κ1) is 21.7. The first-order valence-electron chi connectivity index (χ1n) is 10.4. The van der Waals surface area contributed by atoms with Crippen molar-refractivity contribution >= 4 is 17.7 Å². The lowest BCUT2D eigenvalue weighted by Gasteiger charge is -2.43. The summed E-state index contributed by atoms with van der Waals surface area (Å²) in [5, 5.41) is 6.38. The van der Waals surface area contributed by atoms with Crippen LogP contribution >= 0.6 is 0 Å². The Bertz CT molecular complexity index is 894. The van der Waals surface area contributed by atoms with E-state index in [1.54, 1.807) is 13.1 Å². The molecule has 0 spiro atoms. The highest BCUT2D eigenvalue weighted by Gasteiger charge is 2.41. The molecule has 2 aromatic rings. The normalized spacial score (nSPS) is 15.1. The highest BCUT2D eigenvalue weighted by Crippen LogP contribution is 2.41. The van der Waals surface area contributed by atoms with Crippen LogP contribution in [0.25, 0.3) is 0 Å². The molecule has 1 aliphatic carbocycles. The smallest absolute Gasteiger partial charge is 0.408 e. The number of nitrogens with one attached hydrogen (secondary N) is 3. The first-order chi connectivity index (χ1) is 14.2. The molecule has 1 amide bonds. The molecule has 1 aliphatic rings. The van der Waals surface area contributed by atoms with E-state index in [2.05, 4.69) is 21.7 Å². The summed E-state index contributed by atoms with van der Waals surface area (Å²) >= 11 is 0. The van der Waals surface area contributed by atoms with Crippen molar-refractivity contribution in [3.8, 4) is 0 Å². The van der Waals surface area contributed by atoms with Gasteiger partial charge in [-0.15, -0.1) is 0 Å². The second-order valence-electron chi connectivity index (χ2n) is 8.60. The zero-order valence-corrected chi connectivity index (χ0v) is 18.1. The average Bonchev–Trinajstić information content (AvgIpc) is 3.11. The van der Waals surface area contributed by atoms with E-state index in [1.807, 2.05) is 45.0 Å². The van der Waals surface area contributed by atoms with Crippen molar-refractivity contribution in [3.05, 3.63) is 53.3 Å². The standard InChI is InChI=1S/C23H31N3O4/c1-5-29-20(27)19-18(10-13-24-19)25-15-16-8-6-9-17(14-16)23(11-7-12-23)26-21(28)30-22(2,3)4/h6,8-10,13-14,24-25H,5,7,11-12,15H2,1-4H3,(H,26,28). The fraction of sp³-hybridized carbons (Fsp3) is 0.478. The number of aromatic nitrogens is 1. The number of anilines is 1. The van der Waals surface area contributed by atoms with Gasteiger partial charge in [0.25, 0.3) is 0 Å². The molecular formula is C23H31N3O4. The van der Waals surface area contributed by atoms with Gasteiger partial charge < -0.3 is 25.1 Å². The number of H-pyrrole nitrogens is 1. The highest BCUT2D eigenvalue weighted by atomic mass is 16.6. The molecule has 0 saturated heterocycles. The average molecular weight is 414 g/mol. The monoisotopic (exact) mass is 413 g/mol. The van der Waals surface area contributed by atoms with Crippen LogP contribution in [-0.4, -0.2) is 29.3 Å². The number of hydrogen-bond donors (Lipinski definition) is 3. The van der Waals surface area contributed by atoms with E-state index in [1.165, 1.54) is 0 Å². The maximum atomic E-state index is 12.4. The molecule has 162 valence electrons. The number of esters is 1. The Morgan fingerprint density at radius 2 is 1.97 bits per heavy atom. The Kier molecular flexibility index (Phi) is 6.39. The number of alkyl carbamates (subject to hydrolysis) is 1. The predicted molar refractivity (Wildman–Crippen MR) is 115 cm³/mol. The number of carbonyl (C=O) groups excluding carboxylic acids is 2. The molecule has 0 bridgehead atoms. The van der Waals surface area contributed by atoms with Crippen molar-refractivity contribution in [2.24, 2.45) is 0 Å². The molecule has 0 unspecified atom stereocenters. The molecule has 1 saturated carbocycles. The summed E-state index contributed by atoms with van der Waals surface area (Å²) in [7, 11) is 0. The van der Waals surface area contributed by atoms with Gasteiger partial charge in [-0.2, -0.15) is 0 Å². The zero-order chi connectivity index (χ0) is 21.8. The van der Waals surface area contributed by atoms with Crippen LogP contribution in [0.2, 0.25) is 0 Å². The lowest BCUT2D eigenvalue weighted by molar-refractivity contribution is 0.0376. The van der Waals surface area contributed by atoms with Crippen LogP contribution in [0.1, 0.15) is 68.6 Å².